The molecule has 25 heavy (non-hydrogen) atoms. The molecule has 0 bridgehead atoms. The van der Waals surface area contributed by atoms with Crippen molar-refractivity contribution in [2.45, 2.75) is 0 Å². The highest BCUT2D eigenvalue weighted by Gasteiger charge is 2.14. The van der Waals surface area contributed by atoms with E-state index in [0.29, 0.717) is 29.2 Å². The Bertz CT molecular complexity index is 739. The second kappa shape index (κ2) is 8.89. The quantitative estimate of drug-likeness (QED) is 0.590. The minimum Gasteiger partial charge on any atom is -0.493 e. The van der Waals surface area contributed by atoms with Crippen molar-refractivity contribution in [2.75, 3.05) is 34.4 Å². The number of aliphatic carboxylic acids is 1. The van der Waals surface area contributed by atoms with E-state index >= 15 is 0 Å². The highest BCUT2D eigenvalue weighted by atomic mass is 16.5. The number of benzene rings is 2. The molecular formula is C20H23NO4. The number of rotatable bonds is 8. The highest BCUT2D eigenvalue weighted by molar-refractivity contribution is 6.20. The van der Waals surface area contributed by atoms with E-state index < -0.39 is 5.97 Å². The van der Waals surface area contributed by atoms with Crippen LogP contribution in [0.1, 0.15) is 11.1 Å². The van der Waals surface area contributed by atoms with E-state index in [1.807, 2.05) is 49.3 Å². The molecule has 0 saturated heterocycles. The summed E-state index contributed by atoms with van der Waals surface area (Å²) in [7, 11) is 5.49. The van der Waals surface area contributed by atoms with Gasteiger partial charge in [-0.1, -0.05) is 42.5 Å². The van der Waals surface area contributed by atoms with E-state index in [0.717, 1.165) is 6.54 Å². The van der Waals surface area contributed by atoms with E-state index in [4.69, 9.17) is 9.47 Å². The van der Waals surface area contributed by atoms with Gasteiger partial charge in [0.2, 0.25) is 0 Å². The van der Waals surface area contributed by atoms with Gasteiger partial charge in [-0.25, -0.2) is 4.79 Å². The third-order valence-corrected chi connectivity index (χ3v) is 3.63. The number of nitrogens with zero attached hydrogens (tertiary/aromatic N) is 1. The molecule has 0 atom stereocenters. The fourth-order valence-corrected chi connectivity index (χ4v) is 2.33. The Morgan fingerprint density at radius 3 is 2.44 bits per heavy atom. The first-order valence-corrected chi connectivity index (χ1v) is 7.98. The van der Waals surface area contributed by atoms with Gasteiger partial charge in [-0.15, -0.1) is 0 Å². The first-order chi connectivity index (χ1) is 12.0. The molecule has 2 aromatic carbocycles. The summed E-state index contributed by atoms with van der Waals surface area (Å²) in [5.74, 6) is 0.125. The van der Waals surface area contributed by atoms with E-state index in [2.05, 4.69) is 0 Å². The predicted molar refractivity (Wildman–Crippen MR) is 99.0 cm³/mol. The topological polar surface area (TPSA) is 59.0 Å². The summed E-state index contributed by atoms with van der Waals surface area (Å²) in [5, 5.41) is 9.61. The third kappa shape index (κ3) is 5.09. The number of carboxylic acids is 1. The fourth-order valence-electron chi connectivity index (χ4n) is 2.33. The molecule has 0 heterocycles. The van der Waals surface area contributed by atoms with E-state index in [9.17, 15) is 9.90 Å². The van der Waals surface area contributed by atoms with Crippen LogP contribution < -0.4 is 9.47 Å². The summed E-state index contributed by atoms with van der Waals surface area (Å²) in [4.78, 5) is 13.7. The largest absolute Gasteiger partial charge is 0.493 e. The molecule has 5 nitrogen and oxygen atoms in total. The highest BCUT2D eigenvalue weighted by Crippen LogP contribution is 2.33. The molecule has 2 aromatic rings. The molecule has 0 aliphatic carbocycles. The lowest BCUT2D eigenvalue weighted by molar-refractivity contribution is -0.130. The van der Waals surface area contributed by atoms with E-state index in [1.165, 1.54) is 0 Å². The van der Waals surface area contributed by atoms with Gasteiger partial charge in [0.05, 0.1) is 12.7 Å². The van der Waals surface area contributed by atoms with Crippen molar-refractivity contribution in [1.82, 2.24) is 4.90 Å². The maximum absolute atomic E-state index is 11.7. The first kappa shape index (κ1) is 18.5. The van der Waals surface area contributed by atoms with Crippen LogP contribution in [0.2, 0.25) is 0 Å². The van der Waals surface area contributed by atoms with Gasteiger partial charge in [-0.3, -0.25) is 0 Å². The molecule has 0 aromatic heterocycles. The molecule has 0 spiro atoms. The Morgan fingerprint density at radius 1 is 1.12 bits per heavy atom. The summed E-state index contributed by atoms with van der Waals surface area (Å²) in [5.41, 5.74) is 1.50. The molecule has 132 valence electrons. The van der Waals surface area contributed by atoms with Crippen LogP contribution in [-0.2, 0) is 4.79 Å². The molecule has 1 N–H and O–H groups in total. The summed E-state index contributed by atoms with van der Waals surface area (Å²) in [6, 6.07) is 14.4. The van der Waals surface area contributed by atoms with Crippen molar-refractivity contribution >= 4 is 17.6 Å². The number of para-hydroxylation sites is 1. The molecule has 5 heteroatoms. The van der Waals surface area contributed by atoms with Crippen molar-refractivity contribution < 1.29 is 19.4 Å². The van der Waals surface area contributed by atoms with Crippen molar-refractivity contribution in [1.29, 1.82) is 0 Å². The molecule has 2 rings (SSSR count). The zero-order valence-corrected chi connectivity index (χ0v) is 14.7. The normalized spacial score (nSPS) is 11.4. The smallest absolute Gasteiger partial charge is 0.336 e. The monoisotopic (exact) mass is 341 g/mol. The van der Waals surface area contributed by atoms with Gasteiger partial charge in [0, 0.05) is 12.1 Å². The van der Waals surface area contributed by atoms with Gasteiger partial charge >= 0.3 is 5.97 Å². The maximum atomic E-state index is 11.7. The summed E-state index contributed by atoms with van der Waals surface area (Å²) in [6.07, 6.45) is 1.62. The van der Waals surface area contributed by atoms with Crippen molar-refractivity contribution in [3.63, 3.8) is 0 Å². The molecule has 0 unspecified atom stereocenters. The minimum absolute atomic E-state index is 0.200. The standard InChI is InChI=1S/C20H23NO4/c1-21(2)12-13-25-19-16(10-7-11-18(19)24-3)14-17(20(22)23)15-8-5-4-6-9-15/h4-11,14H,12-13H2,1-3H3,(H,22,23)/b17-14-. The number of ether oxygens (including phenoxy) is 2. The van der Waals surface area contributed by atoms with Gasteiger partial charge in [0.15, 0.2) is 11.5 Å². The number of likely N-dealkylation sites (N-methyl/N-ethyl adjacent to an activating group) is 1. The molecule has 0 saturated carbocycles. The van der Waals surface area contributed by atoms with Crippen LogP contribution in [-0.4, -0.2) is 50.3 Å². The van der Waals surface area contributed by atoms with Gasteiger partial charge in [0.25, 0.3) is 0 Å². The zero-order valence-electron chi connectivity index (χ0n) is 14.7. The molecule has 0 aliphatic heterocycles. The first-order valence-electron chi connectivity index (χ1n) is 7.98. The number of carboxylic acid groups (broad SMARTS) is 1. The van der Waals surface area contributed by atoms with Crippen LogP contribution in [0.4, 0.5) is 0 Å². The van der Waals surface area contributed by atoms with Crippen molar-refractivity contribution in [3.05, 3.63) is 59.7 Å². The molecule has 0 fully saturated rings. The van der Waals surface area contributed by atoms with Gasteiger partial charge in [-0.05, 0) is 31.8 Å². The SMILES string of the molecule is COc1cccc(/C=C(\C(=O)O)c2ccccc2)c1OCCN(C)C. The van der Waals surface area contributed by atoms with Gasteiger partial charge < -0.3 is 19.5 Å². The lowest BCUT2D eigenvalue weighted by Crippen LogP contribution is -2.19. The van der Waals surface area contributed by atoms with E-state index in [1.54, 1.807) is 31.4 Å². The second-order valence-corrected chi connectivity index (χ2v) is 5.76. The Hall–Kier alpha value is -2.79. The number of hydrogen-bond acceptors (Lipinski definition) is 4. The van der Waals surface area contributed by atoms with Gasteiger partial charge in [-0.2, -0.15) is 0 Å². The number of hydrogen-bond donors (Lipinski definition) is 1. The summed E-state index contributed by atoms with van der Waals surface area (Å²) < 4.78 is 11.3. The third-order valence-electron chi connectivity index (χ3n) is 3.63. The Labute approximate surface area is 148 Å². The lowest BCUT2D eigenvalue weighted by Gasteiger charge is -2.16. The molecule has 0 radical (unpaired) electrons. The number of methoxy groups -OCH3 is 1. The van der Waals surface area contributed by atoms with Crippen LogP contribution in [0.25, 0.3) is 11.6 Å². The molecular weight excluding hydrogens is 318 g/mol. The zero-order chi connectivity index (χ0) is 18.2. The predicted octanol–water partition coefficient (Wildman–Crippen LogP) is 3.26. The molecule has 0 aliphatic rings. The average Bonchev–Trinajstić information content (AvgIpc) is 2.60. The van der Waals surface area contributed by atoms with Crippen LogP contribution in [0.3, 0.4) is 0 Å². The fraction of sp³-hybridized carbons (Fsp3) is 0.250. The summed E-state index contributed by atoms with van der Waals surface area (Å²) >= 11 is 0. The van der Waals surface area contributed by atoms with Crippen LogP contribution in [0, 0.1) is 0 Å². The van der Waals surface area contributed by atoms with Crippen LogP contribution >= 0.6 is 0 Å². The van der Waals surface area contributed by atoms with Crippen LogP contribution in [0.15, 0.2) is 48.5 Å². The second-order valence-electron chi connectivity index (χ2n) is 5.76. The Morgan fingerprint density at radius 2 is 1.84 bits per heavy atom. The Kier molecular flexibility index (Phi) is 6.60. The maximum Gasteiger partial charge on any atom is 0.336 e. The summed E-state index contributed by atoms with van der Waals surface area (Å²) in [6.45, 7) is 1.22. The van der Waals surface area contributed by atoms with E-state index in [-0.39, 0.29) is 5.57 Å². The lowest BCUT2D eigenvalue weighted by atomic mass is 10.0. The minimum atomic E-state index is -0.992. The van der Waals surface area contributed by atoms with Crippen molar-refractivity contribution in [2.24, 2.45) is 0 Å². The van der Waals surface area contributed by atoms with Gasteiger partial charge in [0.1, 0.15) is 6.61 Å². The average molecular weight is 341 g/mol. The molecule has 0 amide bonds. The van der Waals surface area contributed by atoms with Crippen molar-refractivity contribution in [3.8, 4) is 11.5 Å². The Balaban J connectivity index is 2.43. The van der Waals surface area contributed by atoms with Crippen LogP contribution in [0.5, 0.6) is 11.5 Å². The number of carbonyl (C=O) groups is 1.